The van der Waals surface area contributed by atoms with Gasteiger partial charge in [-0.3, -0.25) is 19.3 Å². The fourth-order valence-electron chi connectivity index (χ4n) is 3.77. The van der Waals surface area contributed by atoms with Crippen molar-refractivity contribution in [1.29, 1.82) is 0 Å². The summed E-state index contributed by atoms with van der Waals surface area (Å²) in [6, 6.07) is 7.72. The predicted octanol–water partition coefficient (Wildman–Crippen LogP) is 1.50. The molecule has 3 rings (SSSR count). The van der Waals surface area contributed by atoms with Crippen molar-refractivity contribution >= 4 is 29.5 Å². The molecule has 1 N–H and O–H groups in total. The van der Waals surface area contributed by atoms with Crippen LogP contribution in [0.5, 0.6) is 0 Å². The molecule has 0 radical (unpaired) electrons. The lowest BCUT2D eigenvalue weighted by atomic mass is 10.2. The van der Waals surface area contributed by atoms with Gasteiger partial charge in [0.2, 0.25) is 17.7 Å². The molecule has 1 aromatic rings. The summed E-state index contributed by atoms with van der Waals surface area (Å²) in [6.45, 7) is 6.56. The van der Waals surface area contributed by atoms with E-state index in [1.54, 1.807) is 6.08 Å². The highest BCUT2D eigenvalue weighted by molar-refractivity contribution is 5.95. The monoisotopic (exact) mass is 398 g/mol. The molecule has 0 saturated carbocycles. The third-order valence-corrected chi connectivity index (χ3v) is 5.34. The number of hydrogen-bond acceptors (Lipinski definition) is 4. The van der Waals surface area contributed by atoms with Gasteiger partial charge in [0.1, 0.15) is 0 Å². The van der Waals surface area contributed by atoms with Gasteiger partial charge < -0.3 is 15.1 Å². The second-order valence-electron chi connectivity index (χ2n) is 7.48. The number of rotatable bonds is 6. The molecule has 0 aromatic heterocycles. The van der Waals surface area contributed by atoms with E-state index in [2.05, 4.69) is 10.2 Å². The third-order valence-electron chi connectivity index (χ3n) is 5.34. The van der Waals surface area contributed by atoms with Gasteiger partial charge in [-0.05, 0) is 43.5 Å². The van der Waals surface area contributed by atoms with Gasteiger partial charge in [0.25, 0.3) is 0 Å². The number of hydrogen-bond donors (Lipinski definition) is 1. The summed E-state index contributed by atoms with van der Waals surface area (Å²) in [5.74, 6) is 0.195. The quantitative estimate of drug-likeness (QED) is 0.737. The summed E-state index contributed by atoms with van der Waals surface area (Å²) in [7, 11) is 0. The highest BCUT2D eigenvalue weighted by atomic mass is 16.2. The smallest absolute Gasteiger partial charge is 0.246 e. The molecule has 7 heteroatoms. The van der Waals surface area contributed by atoms with Crippen LogP contribution in [0.1, 0.15) is 31.7 Å². The second kappa shape index (κ2) is 10.2. The zero-order chi connectivity index (χ0) is 20.6. The van der Waals surface area contributed by atoms with E-state index in [0.717, 1.165) is 37.2 Å². The zero-order valence-corrected chi connectivity index (χ0v) is 17.1. The van der Waals surface area contributed by atoms with Crippen LogP contribution in [0.2, 0.25) is 0 Å². The first-order valence-corrected chi connectivity index (χ1v) is 10.4. The van der Waals surface area contributed by atoms with E-state index in [-0.39, 0.29) is 17.7 Å². The third kappa shape index (κ3) is 5.90. The van der Waals surface area contributed by atoms with Crippen LogP contribution in [-0.2, 0) is 14.4 Å². The zero-order valence-electron chi connectivity index (χ0n) is 17.1. The van der Waals surface area contributed by atoms with Crippen molar-refractivity contribution in [2.45, 2.75) is 26.2 Å². The molecule has 2 aliphatic heterocycles. The first-order chi connectivity index (χ1) is 14.1. The highest BCUT2D eigenvalue weighted by Crippen LogP contribution is 2.22. The molecular weight excluding hydrogens is 368 g/mol. The van der Waals surface area contributed by atoms with Gasteiger partial charge in [0.15, 0.2) is 0 Å². The van der Waals surface area contributed by atoms with Crippen molar-refractivity contribution in [3.8, 4) is 0 Å². The van der Waals surface area contributed by atoms with E-state index in [1.807, 2.05) is 47.1 Å². The average Bonchev–Trinajstić information content (AvgIpc) is 3.00. The maximum Gasteiger partial charge on any atom is 0.246 e. The van der Waals surface area contributed by atoms with Gasteiger partial charge in [-0.2, -0.15) is 0 Å². The molecule has 0 aliphatic carbocycles. The Bertz CT molecular complexity index is 760. The topological polar surface area (TPSA) is 73.0 Å². The van der Waals surface area contributed by atoms with Crippen molar-refractivity contribution in [3.05, 3.63) is 35.9 Å². The molecular formula is C22H30N4O3. The van der Waals surface area contributed by atoms with Gasteiger partial charge >= 0.3 is 0 Å². The standard InChI is InChI=1S/C22H30N4O3/c1-2-23-20(27)17-24-12-4-13-25(16-15-24)21(28)11-8-18-6-9-19(10-7-18)26-14-3-5-22(26)29/h6-11H,2-5,12-17H2,1H3,(H,23,27)/b11-8+. The predicted molar refractivity (Wildman–Crippen MR) is 113 cm³/mol. The first kappa shape index (κ1) is 21.0. The molecule has 7 nitrogen and oxygen atoms in total. The molecule has 0 atom stereocenters. The fourth-order valence-corrected chi connectivity index (χ4v) is 3.77. The number of benzene rings is 1. The Morgan fingerprint density at radius 2 is 1.83 bits per heavy atom. The summed E-state index contributed by atoms with van der Waals surface area (Å²) in [6.07, 6.45) is 5.81. The van der Waals surface area contributed by atoms with E-state index in [9.17, 15) is 14.4 Å². The molecule has 2 aliphatic rings. The van der Waals surface area contributed by atoms with Gasteiger partial charge in [-0.25, -0.2) is 0 Å². The molecule has 2 fully saturated rings. The van der Waals surface area contributed by atoms with E-state index in [1.165, 1.54) is 0 Å². The van der Waals surface area contributed by atoms with Crippen molar-refractivity contribution in [2.24, 2.45) is 0 Å². The van der Waals surface area contributed by atoms with Crippen molar-refractivity contribution in [1.82, 2.24) is 15.1 Å². The van der Waals surface area contributed by atoms with Gasteiger partial charge in [0, 0.05) is 57.5 Å². The van der Waals surface area contributed by atoms with Crippen LogP contribution in [0.4, 0.5) is 5.69 Å². The van der Waals surface area contributed by atoms with Crippen LogP contribution in [0.15, 0.2) is 30.3 Å². The van der Waals surface area contributed by atoms with E-state index in [0.29, 0.717) is 39.1 Å². The minimum absolute atomic E-state index is 0.0105. The van der Waals surface area contributed by atoms with Crippen LogP contribution in [0, 0.1) is 0 Å². The second-order valence-corrected chi connectivity index (χ2v) is 7.48. The SMILES string of the molecule is CCNC(=O)CN1CCCN(C(=O)/C=C/c2ccc(N3CCCC3=O)cc2)CC1. The molecule has 0 bridgehead atoms. The maximum atomic E-state index is 12.6. The number of likely N-dealkylation sites (N-methyl/N-ethyl adjacent to an activating group) is 1. The van der Waals surface area contributed by atoms with Crippen LogP contribution in [0.3, 0.4) is 0 Å². The highest BCUT2D eigenvalue weighted by Gasteiger charge is 2.21. The molecule has 0 unspecified atom stereocenters. The van der Waals surface area contributed by atoms with Gasteiger partial charge in [-0.1, -0.05) is 12.1 Å². The number of amides is 3. The molecule has 29 heavy (non-hydrogen) atoms. The Morgan fingerprint density at radius 1 is 1.03 bits per heavy atom. The summed E-state index contributed by atoms with van der Waals surface area (Å²) in [4.78, 5) is 41.9. The minimum Gasteiger partial charge on any atom is -0.355 e. The van der Waals surface area contributed by atoms with E-state index in [4.69, 9.17) is 0 Å². The van der Waals surface area contributed by atoms with Crippen LogP contribution >= 0.6 is 0 Å². The molecule has 156 valence electrons. The Kier molecular flexibility index (Phi) is 7.41. The minimum atomic E-state index is -0.0105. The maximum absolute atomic E-state index is 12.6. The number of carbonyl (C=O) groups is 3. The van der Waals surface area contributed by atoms with Crippen molar-refractivity contribution in [3.63, 3.8) is 0 Å². The molecule has 3 amide bonds. The molecule has 1 aromatic carbocycles. The van der Waals surface area contributed by atoms with Crippen molar-refractivity contribution in [2.75, 3.05) is 50.7 Å². The Balaban J connectivity index is 1.51. The van der Waals surface area contributed by atoms with Crippen LogP contribution < -0.4 is 10.2 Å². The summed E-state index contributed by atoms with van der Waals surface area (Å²) < 4.78 is 0. The van der Waals surface area contributed by atoms with Crippen LogP contribution in [0.25, 0.3) is 6.08 Å². The normalized spacial score (nSPS) is 18.3. The lowest BCUT2D eigenvalue weighted by molar-refractivity contribution is -0.125. The molecule has 0 spiro atoms. The largest absolute Gasteiger partial charge is 0.355 e. The number of nitrogens with one attached hydrogen (secondary N) is 1. The summed E-state index contributed by atoms with van der Waals surface area (Å²) in [5.41, 5.74) is 1.84. The van der Waals surface area contributed by atoms with Gasteiger partial charge in [-0.15, -0.1) is 0 Å². The lowest BCUT2D eigenvalue weighted by Crippen LogP contribution is -2.39. The Hall–Kier alpha value is -2.67. The Morgan fingerprint density at radius 3 is 2.52 bits per heavy atom. The first-order valence-electron chi connectivity index (χ1n) is 10.4. The average molecular weight is 399 g/mol. The van der Waals surface area contributed by atoms with Crippen molar-refractivity contribution < 1.29 is 14.4 Å². The summed E-state index contributed by atoms with van der Waals surface area (Å²) in [5, 5.41) is 2.82. The number of carbonyl (C=O) groups excluding carboxylic acids is 3. The number of anilines is 1. The van der Waals surface area contributed by atoms with Crippen LogP contribution in [-0.4, -0.2) is 73.3 Å². The van der Waals surface area contributed by atoms with E-state index < -0.39 is 0 Å². The number of nitrogens with zero attached hydrogens (tertiary/aromatic N) is 3. The molecule has 2 saturated heterocycles. The Labute approximate surface area is 172 Å². The summed E-state index contributed by atoms with van der Waals surface area (Å²) >= 11 is 0. The molecule has 2 heterocycles. The lowest BCUT2D eigenvalue weighted by Gasteiger charge is -2.20. The van der Waals surface area contributed by atoms with Gasteiger partial charge in [0.05, 0.1) is 6.54 Å². The fraction of sp³-hybridized carbons (Fsp3) is 0.500. The van der Waals surface area contributed by atoms with E-state index >= 15 is 0 Å².